The molecule has 0 aromatic carbocycles. The standard InChI is InChI=1S/C13H23N3O/c1-4-11-5-7-13(10-14,8-6-11)15-12(17)9-16(2)3/h11H,4-9H2,1-3H3,(H,15,17). The van der Waals surface area contributed by atoms with Crippen LogP contribution in [0.5, 0.6) is 0 Å². The maximum Gasteiger partial charge on any atom is 0.235 e. The molecular weight excluding hydrogens is 214 g/mol. The van der Waals surface area contributed by atoms with Crippen LogP contribution >= 0.6 is 0 Å². The fourth-order valence-electron chi connectivity index (χ4n) is 2.44. The average Bonchev–Trinajstić information content (AvgIpc) is 2.29. The van der Waals surface area contributed by atoms with E-state index in [2.05, 4.69) is 18.3 Å². The third kappa shape index (κ3) is 4.01. The van der Waals surface area contributed by atoms with E-state index >= 15 is 0 Å². The van der Waals surface area contributed by atoms with Crippen molar-refractivity contribution in [3.05, 3.63) is 0 Å². The summed E-state index contributed by atoms with van der Waals surface area (Å²) in [4.78, 5) is 13.6. The molecule has 1 saturated carbocycles. The highest BCUT2D eigenvalue weighted by atomic mass is 16.2. The lowest BCUT2D eigenvalue weighted by molar-refractivity contribution is -0.123. The van der Waals surface area contributed by atoms with Crippen LogP contribution in [0.1, 0.15) is 39.0 Å². The first kappa shape index (κ1) is 14.0. The Morgan fingerprint density at radius 1 is 1.47 bits per heavy atom. The van der Waals surface area contributed by atoms with Crippen LogP contribution in [0.4, 0.5) is 0 Å². The number of nitrogens with one attached hydrogen (secondary N) is 1. The normalized spacial score (nSPS) is 28.8. The number of carbonyl (C=O) groups excluding carboxylic acids is 1. The molecule has 1 aliphatic rings. The van der Waals surface area contributed by atoms with E-state index in [-0.39, 0.29) is 5.91 Å². The van der Waals surface area contributed by atoms with Crippen molar-refractivity contribution in [2.24, 2.45) is 5.92 Å². The second-order valence-corrected chi connectivity index (χ2v) is 5.33. The van der Waals surface area contributed by atoms with Gasteiger partial charge in [-0.1, -0.05) is 13.3 Å². The molecule has 1 fully saturated rings. The molecule has 0 heterocycles. The van der Waals surface area contributed by atoms with Gasteiger partial charge in [0.15, 0.2) is 0 Å². The van der Waals surface area contributed by atoms with E-state index in [1.807, 2.05) is 19.0 Å². The molecule has 0 aromatic rings. The van der Waals surface area contributed by atoms with E-state index < -0.39 is 5.54 Å². The minimum absolute atomic E-state index is 0.0495. The van der Waals surface area contributed by atoms with Crippen LogP contribution in [0.25, 0.3) is 0 Å². The zero-order chi connectivity index (χ0) is 12.9. The lowest BCUT2D eigenvalue weighted by Gasteiger charge is -2.35. The summed E-state index contributed by atoms with van der Waals surface area (Å²) in [5.74, 6) is 0.675. The number of nitriles is 1. The number of rotatable bonds is 4. The summed E-state index contributed by atoms with van der Waals surface area (Å²) in [6, 6.07) is 2.32. The third-order valence-electron chi connectivity index (χ3n) is 3.59. The second-order valence-electron chi connectivity index (χ2n) is 5.33. The molecule has 0 bridgehead atoms. The SMILES string of the molecule is CCC1CCC(C#N)(NC(=O)CN(C)C)CC1. The Morgan fingerprint density at radius 2 is 2.06 bits per heavy atom. The topological polar surface area (TPSA) is 56.1 Å². The number of hydrogen-bond donors (Lipinski definition) is 1. The van der Waals surface area contributed by atoms with Crippen LogP contribution in [0.15, 0.2) is 0 Å². The molecule has 1 amide bonds. The minimum Gasteiger partial charge on any atom is -0.337 e. The van der Waals surface area contributed by atoms with Crippen molar-refractivity contribution < 1.29 is 4.79 Å². The first-order valence-electron chi connectivity index (χ1n) is 6.38. The molecule has 0 spiro atoms. The van der Waals surface area contributed by atoms with Gasteiger partial charge in [-0.25, -0.2) is 0 Å². The number of hydrogen-bond acceptors (Lipinski definition) is 3. The third-order valence-corrected chi connectivity index (χ3v) is 3.59. The largest absolute Gasteiger partial charge is 0.337 e. The molecule has 0 radical (unpaired) electrons. The van der Waals surface area contributed by atoms with Crippen LogP contribution < -0.4 is 5.32 Å². The fraction of sp³-hybridized carbons (Fsp3) is 0.846. The Hall–Kier alpha value is -1.08. The first-order valence-corrected chi connectivity index (χ1v) is 6.38. The van der Waals surface area contributed by atoms with Crippen LogP contribution in [-0.4, -0.2) is 37.0 Å². The predicted octanol–water partition coefficient (Wildman–Crippen LogP) is 1.53. The molecular formula is C13H23N3O. The highest BCUT2D eigenvalue weighted by Crippen LogP contribution is 2.33. The molecule has 96 valence electrons. The van der Waals surface area contributed by atoms with E-state index in [1.165, 1.54) is 6.42 Å². The van der Waals surface area contributed by atoms with Crippen LogP contribution in [0, 0.1) is 17.2 Å². The van der Waals surface area contributed by atoms with E-state index in [4.69, 9.17) is 0 Å². The average molecular weight is 237 g/mol. The number of amides is 1. The van der Waals surface area contributed by atoms with Gasteiger partial charge in [0, 0.05) is 0 Å². The van der Waals surface area contributed by atoms with Gasteiger partial charge in [-0.2, -0.15) is 5.26 Å². The van der Waals surface area contributed by atoms with Crippen LogP contribution in [0.3, 0.4) is 0 Å². The van der Waals surface area contributed by atoms with Gasteiger partial charge in [-0.05, 0) is 45.7 Å². The van der Waals surface area contributed by atoms with Crippen molar-refractivity contribution in [3.8, 4) is 6.07 Å². The van der Waals surface area contributed by atoms with E-state index in [0.717, 1.165) is 31.6 Å². The minimum atomic E-state index is -0.612. The smallest absolute Gasteiger partial charge is 0.235 e. The van der Waals surface area contributed by atoms with Gasteiger partial charge in [0.25, 0.3) is 0 Å². The second kappa shape index (κ2) is 6.02. The fourth-order valence-corrected chi connectivity index (χ4v) is 2.44. The van der Waals surface area contributed by atoms with Gasteiger partial charge in [-0.15, -0.1) is 0 Å². The highest BCUT2D eigenvalue weighted by Gasteiger charge is 2.36. The van der Waals surface area contributed by atoms with Crippen molar-refractivity contribution in [1.29, 1.82) is 5.26 Å². The highest BCUT2D eigenvalue weighted by molar-refractivity contribution is 5.79. The quantitative estimate of drug-likeness (QED) is 0.806. The molecule has 1 aliphatic carbocycles. The molecule has 1 rings (SSSR count). The lowest BCUT2D eigenvalue weighted by atomic mass is 9.76. The molecule has 17 heavy (non-hydrogen) atoms. The molecule has 0 saturated heterocycles. The summed E-state index contributed by atoms with van der Waals surface area (Å²) < 4.78 is 0. The van der Waals surface area contributed by atoms with Crippen LogP contribution in [0.2, 0.25) is 0 Å². The van der Waals surface area contributed by atoms with Crippen molar-refractivity contribution >= 4 is 5.91 Å². The van der Waals surface area contributed by atoms with Gasteiger partial charge < -0.3 is 10.2 Å². The summed E-state index contributed by atoms with van der Waals surface area (Å²) in [5, 5.41) is 12.2. The maximum absolute atomic E-state index is 11.7. The van der Waals surface area contributed by atoms with E-state index in [1.54, 1.807) is 0 Å². The Balaban J connectivity index is 2.54. The molecule has 1 N–H and O–H groups in total. The number of likely N-dealkylation sites (N-methyl/N-ethyl adjacent to an activating group) is 1. The molecule has 0 aliphatic heterocycles. The molecule has 0 unspecified atom stereocenters. The molecule has 4 nitrogen and oxygen atoms in total. The van der Waals surface area contributed by atoms with Gasteiger partial charge in [0.2, 0.25) is 5.91 Å². The summed E-state index contributed by atoms with van der Waals surface area (Å²) in [7, 11) is 3.71. The van der Waals surface area contributed by atoms with Crippen molar-refractivity contribution in [2.45, 2.75) is 44.6 Å². The number of nitrogens with zero attached hydrogens (tertiary/aromatic N) is 2. The predicted molar refractivity (Wildman–Crippen MR) is 67.3 cm³/mol. The Bertz CT molecular complexity index is 298. The first-order chi connectivity index (χ1) is 8.01. The van der Waals surface area contributed by atoms with E-state index in [9.17, 15) is 10.1 Å². The molecule has 0 atom stereocenters. The number of carbonyl (C=O) groups is 1. The monoisotopic (exact) mass is 237 g/mol. The summed E-state index contributed by atoms with van der Waals surface area (Å²) in [6.45, 7) is 2.54. The van der Waals surface area contributed by atoms with Crippen LogP contribution in [-0.2, 0) is 4.79 Å². The van der Waals surface area contributed by atoms with Gasteiger partial charge >= 0.3 is 0 Å². The van der Waals surface area contributed by atoms with Gasteiger partial charge in [-0.3, -0.25) is 4.79 Å². The van der Waals surface area contributed by atoms with Crippen molar-refractivity contribution in [3.63, 3.8) is 0 Å². The van der Waals surface area contributed by atoms with Crippen molar-refractivity contribution in [2.75, 3.05) is 20.6 Å². The summed E-state index contributed by atoms with van der Waals surface area (Å²) in [5.41, 5.74) is -0.612. The Morgan fingerprint density at radius 3 is 2.47 bits per heavy atom. The van der Waals surface area contributed by atoms with Gasteiger partial charge in [0.1, 0.15) is 5.54 Å². The molecule has 4 heteroatoms. The zero-order valence-electron chi connectivity index (χ0n) is 11.1. The summed E-state index contributed by atoms with van der Waals surface area (Å²) in [6.07, 6.45) is 4.86. The van der Waals surface area contributed by atoms with Crippen molar-refractivity contribution in [1.82, 2.24) is 10.2 Å². The zero-order valence-corrected chi connectivity index (χ0v) is 11.1. The van der Waals surface area contributed by atoms with E-state index in [0.29, 0.717) is 6.54 Å². The van der Waals surface area contributed by atoms with Gasteiger partial charge in [0.05, 0.1) is 12.6 Å². The Labute approximate surface area is 104 Å². The maximum atomic E-state index is 11.7. The Kier molecular flexibility index (Phi) is 4.95. The summed E-state index contributed by atoms with van der Waals surface area (Å²) >= 11 is 0. The lowest BCUT2D eigenvalue weighted by Crippen LogP contribution is -2.51. The molecule has 0 aromatic heterocycles.